The number of Topliss-reactive ketones (excluding diaryl/α,β-unsaturated/α-hetero) is 1. The largest absolute Gasteiger partial charge is 0.462 e. The van der Waals surface area contributed by atoms with Crippen LogP contribution in [-0.2, 0) is 51.9 Å². The number of ether oxygens (including phenoxy) is 9. The number of aliphatic hydroxyl groups excluding tert-OH is 1. The molecule has 6 heterocycles. The summed E-state index contributed by atoms with van der Waals surface area (Å²) >= 11 is 0. The SMILES string of the molecule is CC(C)[Si](O[C@H]1[C@H](C)[C@H]2O[C@H]3CC(=O)C[C@H]4O[C@@](C)([C@H](O)CCOC(=O)c5ccccc5)[C@H](OC(=O)c5ccccc5)C[C@@H]4O[C@@H]3C[C@@H]2O[C@@H]2[C@@H](C)[C@H](C)[C@@]3(C[C@H](OC(=O)c4ccccc4)CO3)O[C@H]21)(C(C)C)C(C)C. The molecule has 3 aromatic carbocycles. The lowest BCUT2D eigenvalue weighted by atomic mass is 9.75. The molecule has 1 spiro atoms. The Balaban J connectivity index is 0.990. The van der Waals surface area contributed by atoms with Crippen molar-refractivity contribution in [3.05, 3.63) is 108 Å². The second-order valence-electron chi connectivity index (χ2n) is 23.5. The van der Waals surface area contributed by atoms with Gasteiger partial charge in [-0.25, -0.2) is 14.4 Å². The van der Waals surface area contributed by atoms with Crippen LogP contribution in [0, 0.1) is 17.8 Å². The van der Waals surface area contributed by atoms with E-state index in [1.807, 2.05) is 18.2 Å². The van der Waals surface area contributed by atoms with Gasteiger partial charge in [0.2, 0.25) is 8.32 Å². The average molecular weight is 1070 g/mol. The summed E-state index contributed by atoms with van der Waals surface area (Å²) in [6.45, 7) is 21.8. The van der Waals surface area contributed by atoms with Crippen LogP contribution in [0.25, 0.3) is 0 Å². The second-order valence-corrected chi connectivity index (χ2v) is 28.9. The van der Waals surface area contributed by atoms with Crippen molar-refractivity contribution < 1.29 is 71.3 Å². The average Bonchev–Trinajstić information content (AvgIpc) is 3.82. The Morgan fingerprint density at radius 1 is 0.645 bits per heavy atom. The van der Waals surface area contributed by atoms with Crippen LogP contribution in [0.5, 0.6) is 0 Å². The molecule has 0 amide bonds. The van der Waals surface area contributed by atoms with Crippen LogP contribution in [0.15, 0.2) is 91.0 Å². The monoisotopic (exact) mass is 1070 g/mol. The highest BCUT2D eigenvalue weighted by Crippen LogP contribution is 2.54. The lowest BCUT2D eigenvalue weighted by Crippen LogP contribution is -2.64. The van der Waals surface area contributed by atoms with Crippen molar-refractivity contribution in [3.63, 3.8) is 0 Å². The molecule has 6 aliphatic heterocycles. The van der Waals surface area contributed by atoms with E-state index in [9.17, 15) is 24.3 Å². The molecule has 0 unspecified atom stereocenters. The van der Waals surface area contributed by atoms with Crippen LogP contribution in [0.2, 0.25) is 16.6 Å². The minimum atomic E-state index is -2.61. The highest BCUT2D eigenvalue weighted by Gasteiger charge is 2.64. The second kappa shape index (κ2) is 23.2. The molecule has 3 aromatic rings. The molecule has 0 aliphatic carbocycles. The Hall–Kier alpha value is -4.36. The first kappa shape index (κ1) is 56.4. The first-order chi connectivity index (χ1) is 36.2. The molecule has 9 rings (SSSR count). The molecule has 76 heavy (non-hydrogen) atoms. The van der Waals surface area contributed by atoms with Gasteiger partial charge in [-0.2, -0.15) is 0 Å². The molecular weight excluding hydrogens is 989 g/mol. The Bertz CT molecular complexity index is 2450. The lowest BCUT2D eigenvalue weighted by molar-refractivity contribution is -0.338. The summed E-state index contributed by atoms with van der Waals surface area (Å²) < 4.78 is 68.5. The van der Waals surface area contributed by atoms with E-state index in [2.05, 4.69) is 62.3 Å². The van der Waals surface area contributed by atoms with Gasteiger partial charge in [-0.1, -0.05) is 117 Å². The summed E-state index contributed by atoms with van der Waals surface area (Å²) in [5.74, 6) is -3.33. The van der Waals surface area contributed by atoms with E-state index >= 15 is 0 Å². The quantitative estimate of drug-likeness (QED) is 0.0915. The number of hydrogen-bond acceptors (Lipinski definition) is 15. The molecule has 414 valence electrons. The molecule has 0 bridgehead atoms. The molecular formula is C60H80O15Si. The topological polar surface area (TPSA) is 181 Å². The number of ketones is 1. The van der Waals surface area contributed by atoms with Gasteiger partial charge in [-0.05, 0) is 65.9 Å². The summed E-state index contributed by atoms with van der Waals surface area (Å²) in [5.41, 5.74) is 0.410. The van der Waals surface area contributed by atoms with Gasteiger partial charge in [0.15, 0.2) is 5.79 Å². The lowest BCUT2D eigenvalue weighted by Gasteiger charge is -2.53. The number of benzene rings is 3. The minimum absolute atomic E-state index is 0.0315. The van der Waals surface area contributed by atoms with Crippen molar-refractivity contribution in [1.82, 2.24) is 0 Å². The molecule has 0 saturated carbocycles. The predicted octanol–water partition coefficient (Wildman–Crippen LogP) is 9.62. The summed E-state index contributed by atoms with van der Waals surface area (Å²) in [4.78, 5) is 54.4. The Morgan fingerprint density at radius 2 is 1.18 bits per heavy atom. The number of hydrogen-bond donors (Lipinski definition) is 1. The number of esters is 3. The fraction of sp³-hybridized carbons (Fsp3) is 0.633. The van der Waals surface area contributed by atoms with Gasteiger partial charge in [0.05, 0.1) is 84.8 Å². The number of carbonyl (C=O) groups is 4. The van der Waals surface area contributed by atoms with Crippen molar-refractivity contribution in [2.75, 3.05) is 13.2 Å². The van der Waals surface area contributed by atoms with Gasteiger partial charge >= 0.3 is 17.9 Å². The highest BCUT2D eigenvalue weighted by atomic mass is 28.4. The maximum absolute atomic E-state index is 14.4. The van der Waals surface area contributed by atoms with Gasteiger partial charge in [0.1, 0.15) is 29.7 Å². The summed E-state index contributed by atoms with van der Waals surface area (Å²) in [6.07, 6.45) is -7.44. The van der Waals surface area contributed by atoms with E-state index in [-0.39, 0.29) is 79.1 Å². The van der Waals surface area contributed by atoms with Crippen molar-refractivity contribution in [2.24, 2.45) is 17.8 Å². The number of rotatable bonds is 14. The van der Waals surface area contributed by atoms with Crippen LogP contribution in [0.4, 0.5) is 0 Å². The number of carbonyl (C=O) groups excluding carboxylic acids is 4. The first-order valence-electron chi connectivity index (χ1n) is 27.8. The zero-order valence-corrected chi connectivity index (χ0v) is 46.9. The first-order valence-corrected chi connectivity index (χ1v) is 30.0. The normalized spacial score (nSPS) is 35.9. The maximum atomic E-state index is 14.4. The van der Waals surface area contributed by atoms with E-state index in [1.165, 1.54) is 0 Å². The third-order valence-corrected chi connectivity index (χ3v) is 24.0. The number of fused-ring (bicyclic) bond motifs is 4. The summed E-state index contributed by atoms with van der Waals surface area (Å²) in [6, 6.07) is 26.1. The zero-order valence-electron chi connectivity index (χ0n) is 45.9. The molecule has 6 aliphatic rings. The molecule has 6 fully saturated rings. The Kier molecular flexibility index (Phi) is 17.2. The molecule has 6 saturated heterocycles. The van der Waals surface area contributed by atoms with Crippen molar-refractivity contribution in [2.45, 2.75) is 209 Å². The molecule has 0 aromatic heterocycles. The predicted molar refractivity (Wildman–Crippen MR) is 283 cm³/mol. The molecule has 15 nitrogen and oxygen atoms in total. The Labute approximate surface area is 449 Å². The van der Waals surface area contributed by atoms with E-state index in [4.69, 9.17) is 47.1 Å². The van der Waals surface area contributed by atoms with Gasteiger partial charge in [-0.3, -0.25) is 4.79 Å². The van der Waals surface area contributed by atoms with Gasteiger partial charge in [0.25, 0.3) is 0 Å². The van der Waals surface area contributed by atoms with E-state index in [1.54, 1.807) is 79.7 Å². The van der Waals surface area contributed by atoms with Crippen molar-refractivity contribution >= 4 is 32.0 Å². The number of aliphatic hydroxyl groups is 1. The molecule has 16 heteroatoms. The molecule has 17 atom stereocenters. The Morgan fingerprint density at radius 3 is 1.78 bits per heavy atom. The van der Waals surface area contributed by atoms with Crippen LogP contribution in [0.1, 0.15) is 139 Å². The maximum Gasteiger partial charge on any atom is 0.338 e. The smallest absolute Gasteiger partial charge is 0.338 e. The fourth-order valence-corrected chi connectivity index (χ4v) is 19.3. The minimum Gasteiger partial charge on any atom is -0.462 e. The third kappa shape index (κ3) is 11.1. The molecule has 1 N–H and O–H groups in total. The summed E-state index contributed by atoms with van der Waals surface area (Å²) in [5, 5.41) is 12.0. The van der Waals surface area contributed by atoms with Gasteiger partial charge < -0.3 is 52.2 Å². The fourth-order valence-electron chi connectivity index (χ4n) is 13.7. The van der Waals surface area contributed by atoms with Crippen LogP contribution < -0.4 is 0 Å². The van der Waals surface area contributed by atoms with Crippen LogP contribution in [-0.4, -0.2) is 135 Å². The third-order valence-electron chi connectivity index (χ3n) is 18.0. The van der Waals surface area contributed by atoms with Crippen molar-refractivity contribution in [3.8, 4) is 0 Å². The van der Waals surface area contributed by atoms with Crippen LogP contribution in [0.3, 0.4) is 0 Å². The highest BCUT2D eigenvalue weighted by molar-refractivity contribution is 6.77. The van der Waals surface area contributed by atoms with Gasteiger partial charge in [-0.15, -0.1) is 0 Å². The molecule has 0 radical (unpaired) electrons. The van der Waals surface area contributed by atoms with E-state index in [0.29, 0.717) is 29.5 Å². The van der Waals surface area contributed by atoms with E-state index < -0.39 is 111 Å². The summed E-state index contributed by atoms with van der Waals surface area (Å²) in [7, 11) is -2.61. The zero-order chi connectivity index (χ0) is 54.3. The van der Waals surface area contributed by atoms with Crippen LogP contribution >= 0.6 is 0 Å². The van der Waals surface area contributed by atoms with Gasteiger partial charge in [0, 0.05) is 50.4 Å². The van der Waals surface area contributed by atoms with E-state index in [0.717, 1.165) is 0 Å². The standard InChI is InChI=1S/C60H80O15Si/c1-34(2)76(35(3)4,36(5)6)75-54-38(8)52-49(71-53-37(7)39(9)60(74-55(53)54)32-44(33-67-60)68-57(64)41-22-16-12-17-23-41)30-46-45(70-52)28-43(61)29-48-47(69-46)31-51(72-58(65)42-24-18-13-19-25-42)59(10,73-48)50(62)26-27-66-56(63)40-20-14-11-15-21-40/h11-25,34-39,44-55,62H,26-33H2,1-10H3/t37-,38+,39-,44-,45-,46+,47-,48+,49-,50+,51+,52+,53+,54-,55+,59-,60+/m0/s1. The van der Waals surface area contributed by atoms with Crippen molar-refractivity contribution in [1.29, 1.82) is 0 Å².